The number of aryl methyl sites for hydroxylation is 2. The van der Waals surface area contributed by atoms with Gasteiger partial charge < -0.3 is 18.9 Å². The second-order valence-corrected chi connectivity index (χ2v) is 8.04. The van der Waals surface area contributed by atoms with Crippen LogP contribution >= 0.6 is 0 Å². The monoisotopic (exact) mass is 422 g/mol. The van der Waals surface area contributed by atoms with Crippen LogP contribution in [0.5, 0.6) is 11.5 Å². The standard InChI is InChI=1S/C25H26O6/c1-15-8-9-16(2)21(12-15)31-23-14-29-22-13-17(10-11-18(22)24(23)26)30-25(27)19-6-4-5-7-20(19)28-3/h4-9,12,14,17-18,22H,10-11,13H2,1-3H3. The van der Waals surface area contributed by atoms with E-state index in [0.29, 0.717) is 36.3 Å². The highest BCUT2D eigenvalue weighted by molar-refractivity contribution is 5.96. The van der Waals surface area contributed by atoms with Crippen molar-refractivity contribution >= 4 is 11.8 Å². The maximum absolute atomic E-state index is 13.0. The number of rotatable bonds is 5. The summed E-state index contributed by atoms with van der Waals surface area (Å²) >= 11 is 0. The van der Waals surface area contributed by atoms with Crippen molar-refractivity contribution < 1.29 is 28.5 Å². The van der Waals surface area contributed by atoms with Crippen LogP contribution in [0.2, 0.25) is 0 Å². The van der Waals surface area contributed by atoms with Crippen molar-refractivity contribution in [2.75, 3.05) is 7.11 Å². The lowest BCUT2D eigenvalue weighted by atomic mass is 9.80. The molecule has 1 saturated carbocycles. The summed E-state index contributed by atoms with van der Waals surface area (Å²) < 4.78 is 22.7. The quantitative estimate of drug-likeness (QED) is 0.660. The molecule has 2 aromatic carbocycles. The van der Waals surface area contributed by atoms with E-state index in [1.165, 1.54) is 13.4 Å². The predicted molar refractivity (Wildman–Crippen MR) is 114 cm³/mol. The van der Waals surface area contributed by atoms with E-state index >= 15 is 0 Å². The third kappa shape index (κ3) is 4.43. The van der Waals surface area contributed by atoms with Crippen molar-refractivity contribution in [2.24, 2.45) is 5.92 Å². The number of hydrogen-bond acceptors (Lipinski definition) is 6. The molecule has 0 radical (unpaired) electrons. The summed E-state index contributed by atoms with van der Waals surface area (Å²) in [5.74, 6) is 0.553. The van der Waals surface area contributed by atoms with Gasteiger partial charge in [-0.05, 0) is 56.0 Å². The molecule has 2 aliphatic rings. The molecule has 1 heterocycles. The second-order valence-electron chi connectivity index (χ2n) is 8.04. The minimum absolute atomic E-state index is 0.0633. The Bertz CT molecular complexity index is 1020. The number of esters is 1. The summed E-state index contributed by atoms with van der Waals surface area (Å²) in [6.45, 7) is 3.91. The number of carbonyl (C=O) groups excluding carboxylic acids is 2. The molecule has 0 spiro atoms. The second kappa shape index (κ2) is 8.84. The SMILES string of the molecule is COc1ccccc1C(=O)OC1CCC2C(=O)C(Oc3cc(C)ccc3C)=COC2C1. The van der Waals surface area contributed by atoms with E-state index in [9.17, 15) is 9.59 Å². The summed E-state index contributed by atoms with van der Waals surface area (Å²) in [7, 11) is 1.52. The Balaban J connectivity index is 1.41. The fourth-order valence-electron chi connectivity index (χ4n) is 4.08. The molecule has 0 aromatic heterocycles. The fourth-order valence-corrected chi connectivity index (χ4v) is 4.08. The molecule has 1 aliphatic heterocycles. The fraction of sp³-hybridized carbons (Fsp3) is 0.360. The molecule has 6 heteroatoms. The Hall–Kier alpha value is -3.28. The van der Waals surface area contributed by atoms with Gasteiger partial charge in [-0.15, -0.1) is 0 Å². The maximum Gasteiger partial charge on any atom is 0.342 e. The summed E-state index contributed by atoms with van der Waals surface area (Å²) in [6, 6.07) is 12.8. The number of methoxy groups -OCH3 is 1. The van der Waals surface area contributed by atoms with Gasteiger partial charge in [-0.2, -0.15) is 0 Å². The smallest absolute Gasteiger partial charge is 0.342 e. The lowest BCUT2D eigenvalue weighted by molar-refractivity contribution is -0.132. The first-order valence-electron chi connectivity index (χ1n) is 10.4. The van der Waals surface area contributed by atoms with Gasteiger partial charge in [-0.1, -0.05) is 24.3 Å². The van der Waals surface area contributed by atoms with Crippen LogP contribution in [0.4, 0.5) is 0 Å². The number of ether oxygens (including phenoxy) is 4. The minimum Gasteiger partial charge on any atom is -0.496 e. The van der Waals surface area contributed by atoms with Crippen LogP contribution in [0.25, 0.3) is 0 Å². The maximum atomic E-state index is 13.0. The molecule has 3 atom stereocenters. The van der Waals surface area contributed by atoms with E-state index in [-0.39, 0.29) is 29.7 Å². The Morgan fingerprint density at radius 1 is 1.06 bits per heavy atom. The van der Waals surface area contributed by atoms with Crippen LogP contribution in [0.1, 0.15) is 40.7 Å². The number of allylic oxidation sites excluding steroid dienone is 1. The lowest BCUT2D eigenvalue weighted by Crippen LogP contribution is -2.43. The van der Waals surface area contributed by atoms with Crippen LogP contribution in [-0.2, 0) is 14.3 Å². The van der Waals surface area contributed by atoms with E-state index in [4.69, 9.17) is 18.9 Å². The average molecular weight is 422 g/mol. The highest BCUT2D eigenvalue weighted by Crippen LogP contribution is 2.36. The first-order valence-corrected chi connectivity index (χ1v) is 10.4. The Morgan fingerprint density at radius 2 is 1.87 bits per heavy atom. The van der Waals surface area contributed by atoms with Crippen LogP contribution in [0.15, 0.2) is 54.5 Å². The van der Waals surface area contributed by atoms with Gasteiger partial charge in [0.1, 0.15) is 35.5 Å². The first-order chi connectivity index (χ1) is 15.0. The Labute approximate surface area is 181 Å². The summed E-state index contributed by atoms with van der Waals surface area (Å²) in [5.41, 5.74) is 2.39. The first kappa shape index (κ1) is 21.0. The van der Waals surface area contributed by atoms with E-state index in [0.717, 1.165) is 11.1 Å². The number of fused-ring (bicyclic) bond motifs is 1. The number of carbonyl (C=O) groups is 2. The summed E-state index contributed by atoms with van der Waals surface area (Å²) in [4.78, 5) is 25.6. The molecule has 2 aromatic rings. The highest BCUT2D eigenvalue weighted by Gasteiger charge is 2.42. The van der Waals surface area contributed by atoms with Gasteiger partial charge in [-0.3, -0.25) is 4.79 Å². The van der Waals surface area contributed by atoms with Crippen molar-refractivity contribution in [2.45, 2.75) is 45.3 Å². The minimum atomic E-state index is -0.433. The number of hydrogen-bond donors (Lipinski definition) is 0. The number of Topliss-reactive ketones (excluding diaryl/α,β-unsaturated/α-hetero) is 1. The number of para-hydroxylation sites is 1. The number of benzene rings is 2. The van der Waals surface area contributed by atoms with Crippen molar-refractivity contribution in [3.8, 4) is 11.5 Å². The van der Waals surface area contributed by atoms with E-state index in [2.05, 4.69) is 0 Å². The van der Waals surface area contributed by atoms with Gasteiger partial charge >= 0.3 is 5.97 Å². The molecule has 3 unspecified atom stereocenters. The zero-order valence-corrected chi connectivity index (χ0v) is 17.9. The van der Waals surface area contributed by atoms with Gasteiger partial charge in [0.2, 0.25) is 11.5 Å². The highest BCUT2D eigenvalue weighted by atomic mass is 16.6. The summed E-state index contributed by atoms with van der Waals surface area (Å²) in [5, 5.41) is 0. The van der Waals surface area contributed by atoms with Crippen molar-refractivity contribution in [3.63, 3.8) is 0 Å². The molecule has 0 saturated heterocycles. The Morgan fingerprint density at radius 3 is 2.68 bits per heavy atom. The van der Waals surface area contributed by atoms with Gasteiger partial charge in [0.15, 0.2) is 0 Å². The van der Waals surface area contributed by atoms with Gasteiger partial charge in [0, 0.05) is 6.42 Å². The largest absolute Gasteiger partial charge is 0.496 e. The molecule has 0 amide bonds. The van der Waals surface area contributed by atoms with Gasteiger partial charge in [0.05, 0.1) is 13.0 Å². The zero-order valence-electron chi connectivity index (χ0n) is 17.9. The average Bonchev–Trinajstić information content (AvgIpc) is 2.78. The summed E-state index contributed by atoms with van der Waals surface area (Å²) in [6.07, 6.45) is 2.37. The van der Waals surface area contributed by atoms with Crippen LogP contribution < -0.4 is 9.47 Å². The number of ketones is 1. The molecular formula is C25H26O6. The molecule has 4 rings (SSSR count). The predicted octanol–water partition coefficient (Wildman–Crippen LogP) is 4.53. The van der Waals surface area contributed by atoms with Crippen LogP contribution in [-0.4, -0.2) is 31.1 Å². The molecule has 31 heavy (non-hydrogen) atoms. The Kier molecular flexibility index (Phi) is 5.98. The molecule has 6 nitrogen and oxygen atoms in total. The van der Waals surface area contributed by atoms with E-state index < -0.39 is 5.97 Å². The van der Waals surface area contributed by atoms with E-state index in [1.54, 1.807) is 24.3 Å². The topological polar surface area (TPSA) is 71.1 Å². The molecule has 162 valence electrons. The molecule has 1 fully saturated rings. The normalized spacial score (nSPS) is 22.6. The lowest BCUT2D eigenvalue weighted by Gasteiger charge is -2.36. The molecule has 0 N–H and O–H groups in total. The van der Waals surface area contributed by atoms with Crippen molar-refractivity contribution in [1.29, 1.82) is 0 Å². The molecule has 1 aliphatic carbocycles. The van der Waals surface area contributed by atoms with Gasteiger partial charge in [-0.25, -0.2) is 4.79 Å². The zero-order chi connectivity index (χ0) is 22.0. The third-order valence-corrected chi connectivity index (χ3v) is 5.84. The van der Waals surface area contributed by atoms with Gasteiger partial charge in [0.25, 0.3) is 0 Å². The molecule has 0 bridgehead atoms. The van der Waals surface area contributed by atoms with Crippen LogP contribution in [0.3, 0.4) is 0 Å². The third-order valence-electron chi connectivity index (χ3n) is 5.84. The van der Waals surface area contributed by atoms with Crippen molar-refractivity contribution in [1.82, 2.24) is 0 Å². The molecular weight excluding hydrogens is 396 g/mol. The van der Waals surface area contributed by atoms with E-state index in [1.807, 2.05) is 32.0 Å². The van der Waals surface area contributed by atoms with Crippen LogP contribution in [0, 0.1) is 19.8 Å². The van der Waals surface area contributed by atoms with Crippen molar-refractivity contribution in [3.05, 3.63) is 71.2 Å².